The number of nitrogens with two attached hydrogens (primary N) is 2. The average molecular weight is 296 g/mol. The molecule has 0 saturated carbocycles. The Morgan fingerprint density at radius 2 is 1.90 bits per heavy atom. The van der Waals surface area contributed by atoms with Crippen molar-refractivity contribution in [3.8, 4) is 0 Å². The molecule has 0 radical (unpaired) electrons. The Labute approximate surface area is 119 Å². The molecule has 1 aromatic carbocycles. The van der Waals surface area contributed by atoms with Crippen LogP contribution in [-0.4, -0.2) is 4.98 Å². The molecule has 0 spiro atoms. The molecule has 0 fully saturated rings. The zero-order chi connectivity index (χ0) is 15.6. The second-order valence-corrected chi connectivity index (χ2v) is 4.74. The van der Waals surface area contributed by atoms with Crippen LogP contribution in [0.2, 0.25) is 0 Å². The summed E-state index contributed by atoms with van der Waals surface area (Å²) < 4.78 is 38.5. The molecule has 112 valence electrons. The first-order valence-corrected chi connectivity index (χ1v) is 6.17. The van der Waals surface area contributed by atoms with Crippen molar-refractivity contribution in [1.29, 1.82) is 0 Å². The molecule has 4 nitrogen and oxygen atoms in total. The first-order valence-electron chi connectivity index (χ1n) is 6.17. The topological polar surface area (TPSA) is 77.0 Å². The molecule has 5 N–H and O–H groups in total. The Balaban J connectivity index is 2.52. The smallest absolute Gasteiger partial charge is 0.398 e. The van der Waals surface area contributed by atoms with Gasteiger partial charge in [0.05, 0.1) is 11.6 Å². The summed E-state index contributed by atoms with van der Waals surface area (Å²) in [6, 6.07) is 4.30. The van der Waals surface area contributed by atoms with Crippen molar-refractivity contribution in [3.05, 3.63) is 58.9 Å². The van der Waals surface area contributed by atoms with Crippen molar-refractivity contribution in [2.75, 3.05) is 5.73 Å². The van der Waals surface area contributed by atoms with Gasteiger partial charge in [0.1, 0.15) is 0 Å². The number of aromatic nitrogens is 1. The Morgan fingerprint density at radius 3 is 2.48 bits per heavy atom. The van der Waals surface area contributed by atoms with Crippen molar-refractivity contribution < 1.29 is 13.2 Å². The number of hydrogen-bond donors (Lipinski definition) is 3. The van der Waals surface area contributed by atoms with E-state index in [1.807, 2.05) is 6.92 Å². The highest BCUT2D eigenvalue weighted by Crippen LogP contribution is 2.34. The first kappa shape index (κ1) is 15.3. The van der Waals surface area contributed by atoms with Crippen LogP contribution >= 0.6 is 0 Å². The van der Waals surface area contributed by atoms with E-state index in [2.05, 4.69) is 10.4 Å². The van der Waals surface area contributed by atoms with E-state index in [-0.39, 0.29) is 11.3 Å². The van der Waals surface area contributed by atoms with Gasteiger partial charge in [0.2, 0.25) is 0 Å². The van der Waals surface area contributed by atoms with Crippen LogP contribution in [0.25, 0.3) is 0 Å². The molecule has 1 aromatic heterocycles. The lowest BCUT2D eigenvalue weighted by Crippen LogP contribution is -2.30. The number of anilines is 1. The summed E-state index contributed by atoms with van der Waals surface area (Å²) in [6.07, 6.45) is -1.25. The van der Waals surface area contributed by atoms with E-state index >= 15 is 0 Å². The third-order valence-electron chi connectivity index (χ3n) is 3.12. The Kier molecular flexibility index (Phi) is 4.15. The van der Waals surface area contributed by atoms with Crippen LogP contribution in [0.5, 0.6) is 0 Å². The Bertz CT molecular complexity index is 640. The van der Waals surface area contributed by atoms with Crippen LogP contribution in [0.1, 0.15) is 28.3 Å². The maximum Gasteiger partial charge on any atom is 0.416 e. The molecule has 0 aliphatic heterocycles. The first-order chi connectivity index (χ1) is 9.82. The van der Waals surface area contributed by atoms with Crippen LogP contribution < -0.4 is 17.0 Å². The van der Waals surface area contributed by atoms with E-state index in [1.165, 1.54) is 12.3 Å². The van der Waals surface area contributed by atoms with Crippen molar-refractivity contribution in [2.45, 2.75) is 19.1 Å². The van der Waals surface area contributed by atoms with E-state index in [9.17, 15) is 13.2 Å². The number of aryl methyl sites for hydroxylation is 1. The van der Waals surface area contributed by atoms with Crippen LogP contribution in [0, 0.1) is 6.92 Å². The fourth-order valence-corrected chi connectivity index (χ4v) is 2.10. The highest BCUT2D eigenvalue weighted by Gasteiger charge is 2.31. The van der Waals surface area contributed by atoms with E-state index in [1.54, 1.807) is 12.3 Å². The lowest BCUT2D eigenvalue weighted by Gasteiger charge is -2.20. The highest BCUT2D eigenvalue weighted by atomic mass is 19.4. The fourth-order valence-electron chi connectivity index (χ4n) is 2.10. The summed E-state index contributed by atoms with van der Waals surface area (Å²) in [5, 5.41) is 0. The predicted molar refractivity (Wildman–Crippen MR) is 74.0 cm³/mol. The summed E-state index contributed by atoms with van der Waals surface area (Å²) in [6.45, 7) is 1.83. The molecular weight excluding hydrogens is 281 g/mol. The molecule has 0 aliphatic carbocycles. The van der Waals surface area contributed by atoms with Gasteiger partial charge in [0.15, 0.2) is 0 Å². The number of benzene rings is 1. The second kappa shape index (κ2) is 5.71. The van der Waals surface area contributed by atoms with Gasteiger partial charge in [0.25, 0.3) is 0 Å². The largest absolute Gasteiger partial charge is 0.416 e. The van der Waals surface area contributed by atoms with Gasteiger partial charge in [-0.3, -0.25) is 10.8 Å². The molecule has 0 saturated heterocycles. The van der Waals surface area contributed by atoms with E-state index < -0.39 is 17.8 Å². The maximum atomic E-state index is 12.8. The van der Waals surface area contributed by atoms with E-state index in [0.717, 1.165) is 17.7 Å². The molecular formula is C14H15F3N4. The quantitative estimate of drug-likeness (QED) is 0.462. The SMILES string of the molecule is Cc1cncc(C(NN)c2cc(C(F)(F)F)ccc2N)c1. The Morgan fingerprint density at radius 1 is 1.19 bits per heavy atom. The van der Waals surface area contributed by atoms with Gasteiger partial charge in [-0.15, -0.1) is 0 Å². The average Bonchev–Trinajstić information content (AvgIpc) is 2.40. The summed E-state index contributed by atoms with van der Waals surface area (Å²) >= 11 is 0. The number of nitrogen functional groups attached to an aromatic ring is 1. The minimum atomic E-state index is -4.44. The lowest BCUT2D eigenvalue weighted by molar-refractivity contribution is -0.137. The van der Waals surface area contributed by atoms with Crippen molar-refractivity contribution in [1.82, 2.24) is 10.4 Å². The number of rotatable bonds is 3. The van der Waals surface area contributed by atoms with Crippen LogP contribution in [0.15, 0.2) is 36.7 Å². The van der Waals surface area contributed by atoms with Crippen molar-refractivity contribution in [3.63, 3.8) is 0 Å². The minimum absolute atomic E-state index is 0.229. The van der Waals surface area contributed by atoms with Gasteiger partial charge in [-0.05, 0) is 41.8 Å². The number of halogens is 3. The third-order valence-corrected chi connectivity index (χ3v) is 3.12. The third kappa shape index (κ3) is 3.32. The number of nitrogens with zero attached hydrogens (tertiary/aromatic N) is 1. The molecule has 2 aromatic rings. The molecule has 1 unspecified atom stereocenters. The van der Waals surface area contributed by atoms with Crippen molar-refractivity contribution >= 4 is 5.69 Å². The number of hydrogen-bond acceptors (Lipinski definition) is 4. The minimum Gasteiger partial charge on any atom is -0.398 e. The van der Waals surface area contributed by atoms with Crippen LogP contribution in [0.3, 0.4) is 0 Å². The summed E-state index contributed by atoms with van der Waals surface area (Å²) in [5.41, 5.74) is 9.53. The fraction of sp³-hybridized carbons (Fsp3) is 0.214. The monoisotopic (exact) mass is 296 g/mol. The zero-order valence-electron chi connectivity index (χ0n) is 11.3. The van der Waals surface area contributed by atoms with Crippen LogP contribution in [-0.2, 0) is 6.18 Å². The Hall–Kier alpha value is -2.12. The molecule has 0 aliphatic rings. The maximum absolute atomic E-state index is 12.8. The number of nitrogens with one attached hydrogen (secondary N) is 1. The van der Waals surface area contributed by atoms with E-state index in [4.69, 9.17) is 11.6 Å². The van der Waals surface area contributed by atoms with Crippen molar-refractivity contribution in [2.24, 2.45) is 5.84 Å². The van der Waals surface area contributed by atoms with Gasteiger partial charge in [0, 0.05) is 18.1 Å². The zero-order valence-corrected chi connectivity index (χ0v) is 11.3. The molecule has 1 atom stereocenters. The molecule has 21 heavy (non-hydrogen) atoms. The molecule has 0 amide bonds. The predicted octanol–water partition coefficient (Wildman–Crippen LogP) is 2.54. The van der Waals surface area contributed by atoms with Gasteiger partial charge in [-0.2, -0.15) is 13.2 Å². The molecule has 7 heteroatoms. The molecule has 1 heterocycles. The normalized spacial score (nSPS) is 13.2. The second-order valence-electron chi connectivity index (χ2n) is 4.74. The lowest BCUT2D eigenvalue weighted by atomic mass is 9.96. The molecule has 2 rings (SSSR count). The van der Waals surface area contributed by atoms with E-state index in [0.29, 0.717) is 5.56 Å². The van der Waals surface area contributed by atoms with Gasteiger partial charge in [-0.25, -0.2) is 5.43 Å². The standard InChI is InChI=1S/C14H15F3N4/c1-8-4-9(7-20-6-8)13(21-19)11-5-10(14(15,16)17)2-3-12(11)18/h2-7,13,21H,18-19H2,1H3. The summed E-state index contributed by atoms with van der Waals surface area (Å²) in [7, 11) is 0. The summed E-state index contributed by atoms with van der Waals surface area (Å²) in [5.74, 6) is 5.50. The summed E-state index contributed by atoms with van der Waals surface area (Å²) in [4.78, 5) is 4.02. The van der Waals surface area contributed by atoms with Gasteiger partial charge >= 0.3 is 6.18 Å². The number of alkyl halides is 3. The highest BCUT2D eigenvalue weighted by molar-refractivity contribution is 5.53. The molecule has 0 bridgehead atoms. The van der Waals surface area contributed by atoms with Crippen LogP contribution in [0.4, 0.5) is 18.9 Å². The number of hydrazine groups is 1. The van der Waals surface area contributed by atoms with Gasteiger partial charge < -0.3 is 5.73 Å². The number of pyridine rings is 1. The van der Waals surface area contributed by atoms with Gasteiger partial charge in [-0.1, -0.05) is 6.07 Å².